The Bertz CT molecular complexity index is 8060. The molecule has 0 saturated heterocycles. The average Bonchev–Trinajstić information content (AvgIpc) is 1.70. The van der Waals surface area contributed by atoms with Gasteiger partial charge in [-0.1, -0.05) is 245 Å². The van der Waals surface area contributed by atoms with Gasteiger partial charge < -0.3 is 42.6 Å². The first-order valence-corrected chi connectivity index (χ1v) is 50.4. The Kier molecular flexibility index (Phi) is 31.3. The Balaban J connectivity index is 0.000000143. The molecule has 0 fully saturated rings. The number of pyridine rings is 3. The minimum Gasteiger partial charge on any atom is -0.503 e. The number of benzene rings is 14. The first-order chi connectivity index (χ1) is 69.8. The molecule has 3 aliphatic rings. The summed E-state index contributed by atoms with van der Waals surface area (Å²) < 4.78 is 26.0. The Labute approximate surface area is 909 Å². The Hall–Kier alpha value is -14.1. The minimum atomic E-state index is 0. The van der Waals surface area contributed by atoms with E-state index in [4.69, 9.17) is 39.6 Å². The summed E-state index contributed by atoms with van der Waals surface area (Å²) in [6, 6.07) is 128. The number of aryl methyl sites for hydroxylation is 5. The molecule has 9 heterocycles. The summed E-state index contributed by atoms with van der Waals surface area (Å²) in [5.41, 5.74) is 24.6. The van der Waals surface area contributed by atoms with Gasteiger partial charge in [-0.25, -0.2) is 15.0 Å². The Morgan fingerprint density at radius 2 is 0.575 bits per heavy atom. The van der Waals surface area contributed by atoms with Crippen LogP contribution in [-0.2, 0) is 63.2 Å². The molecule has 0 amide bonds. The van der Waals surface area contributed by atoms with Crippen molar-refractivity contribution in [3.05, 3.63) is 433 Å². The van der Waals surface area contributed by atoms with Gasteiger partial charge in [0.15, 0.2) is 11.6 Å². The molecule has 20 aromatic rings. The van der Waals surface area contributed by atoms with Gasteiger partial charge in [-0.2, -0.15) is 63.7 Å². The standard InChI is InChI=1S/C44H37N5OS.C41H31N5OS.C38H32N4OS.3Pt/c1-28(2)34-18-13-19-35(29(3)4)42(34)49-43(46-47-44(49)36-17-7-6-14-30(36)5)31-15-12-16-32(26-31)50-33-23-24-40-38(27-33)48(41-22-10-11-25-45-41)37-20-8-9-21-39(37)51-40;1-26-22-28(3)39(29(4)23-26)46-40(43-44-41(46)33-15-6-5-12-27(33)2)30-13-11-14-31(24-30)47-32-19-20-37-35(25-32)45(38-18-9-10-21-42-38)34-16-7-8-17-36(34)48-37;1-25(2)30-13-10-14-31(26(3)4)37(30)41-22-21-40-38(41)27-11-9-12-28(23-27)43-29-18-19-35-33(24-29)42(36-17-7-8-20-39-36)32-15-5-6-16-34(32)44-35;;;/h6-25,28-29H,1-5H3;5-23H,1-4H3;5-22,25-26H,1-4H3;;;/q3*-2;3*+2. The molecule has 3 aliphatic heterocycles. The van der Waals surface area contributed by atoms with Crippen LogP contribution in [0.4, 0.5) is 51.6 Å². The van der Waals surface area contributed by atoms with E-state index in [1.807, 2.05) is 183 Å². The maximum atomic E-state index is 6.53. The third-order valence-corrected chi connectivity index (χ3v) is 28.6. The van der Waals surface area contributed by atoms with Crippen LogP contribution < -0.4 is 28.9 Å². The van der Waals surface area contributed by atoms with Crippen LogP contribution >= 0.6 is 35.3 Å². The van der Waals surface area contributed by atoms with Crippen LogP contribution in [0.3, 0.4) is 0 Å². The fourth-order valence-corrected chi connectivity index (χ4v) is 21.8. The predicted molar refractivity (Wildman–Crippen MR) is 576 cm³/mol. The van der Waals surface area contributed by atoms with Crippen molar-refractivity contribution in [1.82, 2.24) is 54.0 Å². The molecule has 146 heavy (non-hydrogen) atoms. The Morgan fingerprint density at radius 3 is 0.932 bits per heavy atom. The maximum Gasteiger partial charge on any atom is 2.00 e. The molecule has 0 unspecified atom stereocenters. The third-order valence-electron chi connectivity index (χ3n) is 25.3. The van der Waals surface area contributed by atoms with Crippen molar-refractivity contribution in [2.24, 2.45) is 0 Å². The molecule has 23 rings (SSSR count). The number of imidazole rings is 1. The van der Waals surface area contributed by atoms with Gasteiger partial charge in [0.1, 0.15) is 17.5 Å². The van der Waals surface area contributed by atoms with E-state index in [-0.39, 0.29) is 75.0 Å². The van der Waals surface area contributed by atoms with Crippen LogP contribution in [0.15, 0.2) is 376 Å². The van der Waals surface area contributed by atoms with Crippen molar-refractivity contribution in [2.45, 2.75) is 143 Å². The van der Waals surface area contributed by atoms with Gasteiger partial charge in [-0.3, -0.25) is 4.98 Å². The topological polar surface area (TPSA) is 155 Å². The number of rotatable bonds is 21. The molecule has 17 nitrogen and oxygen atoms in total. The van der Waals surface area contributed by atoms with Crippen molar-refractivity contribution >= 4 is 86.9 Å². The second-order valence-corrected chi connectivity index (χ2v) is 39.8. The SMILES string of the molecule is CC(C)c1cccc(C(C)C)c1-n1ccnc1-c1[c-]c(Oc2[c-]c3c(cc2)Sc2ccccc2N3c2ccccn2)ccc1.Cc1cc(C)c(-n2c(-c3[c-]c(Oc4[c-]c5c(cc4)Sc4ccccc4N5c4ccccn4)ccc3)nnc2-c2ccccc2C)c(C)c1.Cc1ccccc1-c1nnc(-c2[c-]c(Oc3[c-]c4c(cc3)Sc3ccccc3N4c3ccccn3)ccc2)n1-c1c(C(C)C)cccc1C(C)C.[Pt+2].[Pt+2].[Pt+2]. The van der Waals surface area contributed by atoms with E-state index < -0.39 is 0 Å². The number of hydrogen-bond donors (Lipinski definition) is 0. The molecule has 0 saturated carbocycles. The number of hydrogen-bond acceptors (Lipinski definition) is 17. The van der Waals surface area contributed by atoms with Crippen LogP contribution in [-0.4, -0.2) is 54.0 Å². The predicted octanol–water partition coefficient (Wildman–Crippen LogP) is 32.9. The largest absolute Gasteiger partial charge is 2.00 e. The Morgan fingerprint density at radius 1 is 0.260 bits per heavy atom. The van der Waals surface area contributed by atoms with E-state index in [9.17, 15) is 0 Å². The van der Waals surface area contributed by atoms with Gasteiger partial charge in [0.2, 0.25) is 0 Å². The molecular formula is C123H100N14O3Pt3S3. The fourth-order valence-electron chi connectivity index (χ4n) is 18.7. The smallest absolute Gasteiger partial charge is 0.503 e. The fraction of sp³-hybridized carbons (Fsp3) is 0.138. The van der Waals surface area contributed by atoms with E-state index in [1.165, 1.54) is 38.4 Å². The van der Waals surface area contributed by atoms with Gasteiger partial charge in [0, 0.05) is 108 Å². The van der Waals surface area contributed by atoms with E-state index in [0.717, 1.165) is 155 Å². The van der Waals surface area contributed by atoms with Crippen LogP contribution in [0.5, 0.6) is 34.5 Å². The molecule has 0 N–H and O–H groups in total. The van der Waals surface area contributed by atoms with Gasteiger partial charge in [-0.05, 0) is 193 Å². The van der Waals surface area contributed by atoms with Gasteiger partial charge in [0.05, 0.1) is 34.5 Å². The zero-order valence-electron chi connectivity index (χ0n) is 82.4. The average molecular weight is 2500 g/mol. The zero-order valence-corrected chi connectivity index (χ0v) is 91.6. The third kappa shape index (κ3) is 20.8. The van der Waals surface area contributed by atoms with Crippen LogP contribution in [0.1, 0.15) is 129 Å². The molecule has 23 heteroatoms. The van der Waals surface area contributed by atoms with E-state index >= 15 is 0 Å². The quantitative estimate of drug-likeness (QED) is 0.0626. The van der Waals surface area contributed by atoms with Gasteiger partial charge in [0.25, 0.3) is 0 Å². The molecule has 728 valence electrons. The van der Waals surface area contributed by atoms with Crippen molar-refractivity contribution < 1.29 is 77.4 Å². The summed E-state index contributed by atoms with van der Waals surface area (Å²) in [5.74, 6) is 11.1. The molecule has 0 bridgehead atoms. The van der Waals surface area contributed by atoms with E-state index in [0.29, 0.717) is 58.0 Å². The zero-order chi connectivity index (χ0) is 98.0. The second-order valence-electron chi connectivity index (χ2n) is 36.5. The second kappa shape index (κ2) is 44.9. The summed E-state index contributed by atoms with van der Waals surface area (Å²) in [7, 11) is 0. The normalized spacial score (nSPS) is 12.0. The molecule has 0 radical (unpaired) electrons. The van der Waals surface area contributed by atoms with Crippen molar-refractivity contribution in [1.29, 1.82) is 0 Å². The number of aromatic nitrogens is 11. The monoisotopic (exact) mass is 2500 g/mol. The molecular weight excluding hydrogens is 2400 g/mol. The van der Waals surface area contributed by atoms with Gasteiger partial charge in [-0.15, -0.1) is 118 Å². The van der Waals surface area contributed by atoms with E-state index in [2.05, 4.69) is 334 Å². The summed E-state index contributed by atoms with van der Waals surface area (Å²) in [4.78, 5) is 32.0. The minimum absolute atomic E-state index is 0. The van der Waals surface area contributed by atoms with E-state index in [1.54, 1.807) is 35.3 Å². The molecule has 14 aromatic carbocycles. The number of para-hydroxylation sites is 5. The molecule has 0 atom stereocenters. The maximum absolute atomic E-state index is 6.53. The molecule has 0 aliphatic carbocycles. The number of ether oxygens (including phenoxy) is 3. The molecule has 6 aromatic heterocycles. The number of anilines is 9. The van der Waals surface area contributed by atoms with Crippen LogP contribution in [0.25, 0.3) is 74.0 Å². The van der Waals surface area contributed by atoms with Crippen LogP contribution in [0.2, 0.25) is 0 Å². The molecule has 0 spiro atoms. The summed E-state index contributed by atoms with van der Waals surface area (Å²) in [5, 5.41) is 19.2. The number of fused-ring (bicyclic) bond motifs is 6. The summed E-state index contributed by atoms with van der Waals surface area (Å²) in [6.45, 7) is 28.5. The van der Waals surface area contributed by atoms with Crippen molar-refractivity contribution in [3.63, 3.8) is 0 Å². The first kappa shape index (κ1) is 102. The first-order valence-electron chi connectivity index (χ1n) is 47.9. The summed E-state index contributed by atoms with van der Waals surface area (Å²) >= 11 is 5.17. The van der Waals surface area contributed by atoms with Crippen molar-refractivity contribution in [3.8, 4) is 108 Å². The summed E-state index contributed by atoms with van der Waals surface area (Å²) in [6.07, 6.45) is 9.34. The van der Waals surface area contributed by atoms with Crippen LogP contribution in [0, 0.1) is 71.0 Å². The van der Waals surface area contributed by atoms with Gasteiger partial charge >= 0.3 is 63.2 Å². The van der Waals surface area contributed by atoms with Crippen molar-refractivity contribution in [2.75, 3.05) is 14.7 Å². The number of nitrogens with zero attached hydrogens (tertiary/aromatic N) is 14.